The fourth-order valence-corrected chi connectivity index (χ4v) is 2.64. The van der Waals surface area contributed by atoms with Gasteiger partial charge in [0.05, 0.1) is 6.42 Å². The lowest BCUT2D eigenvalue weighted by Gasteiger charge is -2.13. The zero-order valence-corrected chi connectivity index (χ0v) is 14.0. The van der Waals surface area contributed by atoms with Gasteiger partial charge in [0.25, 0.3) is 0 Å². The third-order valence-electron chi connectivity index (χ3n) is 3.49. The molecule has 0 atom stereocenters. The molecule has 0 saturated heterocycles. The Kier molecular flexibility index (Phi) is 5.55. The minimum absolute atomic E-state index is 0.0608. The predicted octanol–water partition coefficient (Wildman–Crippen LogP) is 3.91. The van der Waals surface area contributed by atoms with Gasteiger partial charge in [0, 0.05) is 28.8 Å². The van der Waals surface area contributed by atoms with Crippen LogP contribution in [0.3, 0.4) is 0 Å². The van der Waals surface area contributed by atoms with Crippen molar-refractivity contribution in [3.05, 3.63) is 46.6 Å². The summed E-state index contributed by atoms with van der Waals surface area (Å²) in [7, 11) is 0. The van der Waals surface area contributed by atoms with Gasteiger partial charge in [-0.3, -0.25) is 4.79 Å². The summed E-state index contributed by atoms with van der Waals surface area (Å²) in [6, 6.07) is 11.9. The summed E-state index contributed by atoms with van der Waals surface area (Å²) < 4.78 is 3.00. The van der Waals surface area contributed by atoms with Gasteiger partial charge < -0.3 is 14.5 Å². The van der Waals surface area contributed by atoms with Gasteiger partial charge >= 0.3 is 5.97 Å². The number of ketones is 1. The third-order valence-corrected chi connectivity index (χ3v) is 4.02. The van der Waals surface area contributed by atoms with Crippen molar-refractivity contribution in [1.82, 2.24) is 4.57 Å². The summed E-state index contributed by atoms with van der Waals surface area (Å²) in [4.78, 5) is 22.1. The van der Waals surface area contributed by atoms with E-state index >= 15 is 0 Å². The molecule has 0 saturated carbocycles. The maximum Gasteiger partial charge on any atom is 0.305 e. The summed E-state index contributed by atoms with van der Waals surface area (Å²) in [5, 5.41) is 8.95. The number of carbonyl (C=O) groups excluding carboxylic acids is 1. The Labute approximate surface area is 137 Å². The lowest BCUT2D eigenvalue weighted by molar-refractivity contribution is -0.137. The predicted molar refractivity (Wildman–Crippen MR) is 88.8 cm³/mol. The van der Waals surface area contributed by atoms with Crippen LogP contribution in [-0.2, 0) is 22.6 Å². The van der Waals surface area contributed by atoms with E-state index in [0.29, 0.717) is 19.4 Å². The van der Waals surface area contributed by atoms with E-state index in [0.717, 1.165) is 21.4 Å². The van der Waals surface area contributed by atoms with Crippen molar-refractivity contribution in [2.24, 2.45) is 0 Å². The van der Waals surface area contributed by atoms with Gasteiger partial charge in [-0.1, -0.05) is 28.1 Å². The number of hydrogen-bond acceptors (Lipinski definition) is 2. The molecular formula is C17H18BrNO3. The van der Waals surface area contributed by atoms with E-state index in [2.05, 4.69) is 15.9 Å². The number of aryl methyl sites for hydroxylation is 1. The Hall–Kier alpha value is -1.88. The first kappa shape index (κ1) is 16.5. The molecule has 4 nitrogen and oxygen atoms in total. The smallest absolute Gasteiger partial charge is 0.305 e. The number of nitrogens with zero attached hydrogens (tertiary/aromatic N) is 1. The van der Waals surface area contributed by atoms with Crippen LogP contribution in [0.15, 0.2) is 40.9 Å². The van der Waals surface area contributed by atoms with Crippen molar-refractivity contribution in [1.29, 1.82) is 0 Å². The highest BCUT2D eigenvalue weighted by molar-refractivity contribution is 9.10. The Balaban J connectivity index is 2.33. The second-order valence-electron chi connectivity index (χ2n) is 5.21. The highest BCUT2D eigenvalue weighted by atomic mass is 79.9. The number of rotatable bonds is 7. The van der Waals surface area contributed by atoms with Gasteiger partial charge in [-0.25, -0.2) is 0 Å². The normalized spacial score (nSPS) is 10.6. The van der Waals surface area contributed by atoms with Crippen molar-refractivity contribution < 1.29 is 14.7 Å². The van der Waals surface area contributed by atoms with Crippen LogP contribution in [-0.4, -0.2) is 21.4 Å². The molecule has 0 unspecified atom stereocenters. The molecule has 22 heavy (non-hydrogen) atoms. The van der Waals surface area contributed by atoms with Crippen molar-refractivity contribution in [3.63, 3.8) is 0 Å². The number of aliphatic carboxylic acids is 1. The van der Waals surface area contributed by atoms with Gasteiger partial charge in [-0.15, -0.1) is 0 Å². The molecule has 0 spiro atoms. The first-order valence-electron chi connectivity index (χ1n) is 7.13. The molecule has 5 heteroatoms. The molecule has 2 aromatic rings. The van der Waals surface area contributed by atoms with E-state index in [9.17, 15) is 9.59 Å². The monoisotopic (exact) mass is 363 g/mol. The topological polar surface area (TPSA) is 59.3 Å². The summed E-state index contributed by atoms with van der Waals surface area (Å²) in [5.74, 6) is -0.691. The highest BCUT2D eigenvalue weighted by Crippen LogP contribution is 2.25. The second-order valence-corrected chi connectivity index (χ2v) is 6.13. The molecule has 0 aliphatic carbocycles. The van der Waals surface area contributed by atoms with Crippen LogP contribution in [0, 0.1) is 0 Å². The lowest BCUT2D eigenvalue weighted by Crippen LogP contribution is -2.10. The summed E-state index contributed by atoms with van der Waals surface area (Å²) >= 11 is 3.41. The van der Waals surface area contributed by atoms with Crippen LogP contribution in [0.25, 0.3) is 11.3 Å². The van der Waals surface area contributed by atoms with Crippen molar-refractivity contribution in [3.8, 4) is 11.3 Å². The zero-order valence-electron chi connectivity index (χ0n) is 12.4. The van der Waals surface area contributed by atoms with Gasteiger partial charge in [-0.05, 0) is 43.2 Å². The maximum atomic E-state index is 11.2. The quantitative estimate of drug-likeness (QED) is 0.810. The summed E-state index contributed by atoms with van der Waals surface area (Å²) in [6.07, 6.45) is 1.16. The number of benzene rings is 1. The fraction of sp³-hybridized carbons (Fsp3) is 0.294. The molecule has 0 fully saturated rings. The largest absolute Gasteiger partial charge is 0.481 e. The lowest BCUT2D eigenvalue weighted by atomic mass is 10.1. The third kappa shape index (κ3) is 4.31. The maximum absolute atomic E-state index is 11.2. The van der Waals surface area contributed by atoms with Gasteiger partial charge in [0.15, 0.2) is 0 Å². The summed E-state index contributed by atoms with van der Waals surface area (Å²) in [5.41, 5.74) is 3.00. The van der Waals surface area contributed by atoms with Crippen molar-refractivity contribution in [2.45, 2.75) is 32.7 Å². The number of carbonyl (C=O) groups is 2. The molecule has 1 heterocycles. The van der Waals surface area contributed by atoms with Crippen LogP contribution < -0.4 is 0 Å². The number of Topliss-reactive ketones (excluding diaryl/α,β-unsaturated/α-hetero) is 1. The van der Waals surface area contributed by atoms with Gasteiger partial charge in [-0.2, -0.15) is 0 Å². The SMILES string of the molecule is CC(=O)CCc1ccc(-c2ccc(Br)cc2)n1CCC(=O)O. The molecule has 116 valence electrons. The number of aromatic nitrogens is 1. The fourth-order valence-electron chi connectivity index (χ4n) is 2.38. The molecule has 1 N–H and O–H groups in total. The number of halogens is 1. The first-order chi connectivity index (χ1) is 10.5. The number of carboxylic acids is 1. The Morgan fingerprint density at radius 3 is 2.36 bits per heavy atom. The van der Waals surface area contributed by atoms with E-state index in [4.69, 9.17) is 5.11 Å². The molecular weight excluding hydrogens is 346 g/mol. The van der Waals surface area contributed by atoms with E-state index in [1.807, 2.05) is 41.0 Å². The van der Waals surface area contributed by atoms with Crippen LogP contribution in [0.2, 0.25) is 0 Å². The van der Waals surface area contributed by atoms with E-state index in [1.165, 1.54) is 0 Å². The molecule has 1 aromatic carbocycles. The average molecular weight is 364 g/mol. The highest BCUT2D eigenvalue weighted by Gasteiger charge is 2.12. The second kappa shape index (κ2) is 7.40. The Bertz CT molecular complexity index is 674. The molecule has 0 aliphatic rings. The van der Waals surface area contributed by atoms with E-state index < -0.39 is 5.97 Å². The van der Waals surface area contributed by atoms with E-state index in [-0.39, 0.29) is 12.2 Å². The van der Waals surface area contributed by atoms with Crippen LogP contribution in [0.1, 0.15) is 25.5 Å². The van der Waals surface area contributed by atoms with Crippen molar-refractivity contribution >= 4 is 27.7 Å². The number of hydrogen-bond donors (Lipinski definition) is 1. The molecule has 0 radical (unpaired) electrons. The minimum Gasteiger partial charge on any atom is -0.481 e. The van der Waals surface area contributed by atoms with Gasteiger partial charge in [0.1, 0.15) is 5.78 Å². The molecule has 0 amide bonds. The van der Waals surface area contributed by atoms with Crippen LogP contribution in [0.4, 0.5) is 0 Å². The Morgan fingerprint density at radius 2 is 1.77 bits per heavy atom. The molecule has 0 bridgehead atoms. The standard InChI is InChI=1S/C17H18BrNO3/c1-12(20)2-7-15-8-9-16(19(15)11-10-17(21)22)13-3-5-14(18)6-4-13/h3-6,8-9H,2,7,10-11H2,1H3,(H,21,22). The van der Waals surface area contributed by atoms with E-state index in [1.54, 1.807) is 6.92 Å². The van der Waals surface area contributed by atoms with Gasteiger partial charge in [0.2, 0.25) is 0 Å². The minimum atomic E-state index is -0.826. The number of carboxylic acid groups (broad SMARTS) is 1. The molecule has 1 aromatic heterocycles. The average Bonchev–Trinajstić information content (AvgIpc) is 2.86. The Morgan fingerprint density at radius 1 is 1.09 bits per heavy atom. The molecule has 0 aliphatic heterocycles. The zero-order chi connectivity index (χ0) is 16.1. The summed E-state index contributed by atoms with van der Waals surface area (Å²) in [6.45, 7) is 1.97. The van der Waals surface area contributed by atoms with Crippen LogP contribution in [0.5, 0.6) is 0 Å². The van der Waals surface area contributed by atoms with Crippen LogP contribution >= 0.6 is 15.9 Å². The van der Waals surface area contributed by atoms with Crippen molar-refractivity contribution in [2.75, 3.05) is 0 Å². The molecule has 2 rings (SSSR count). The first-order valence-corrected chi connectivity index (χ1v) is 7.92.